The summed E-state index contributed by atoms with van der Waals surface area (Å²) in [6.07, 6.45) is 0.311. The van der Waals surface area contributed by atoms with Gasteiger partial charge in [0.15, 0.2) is 0 Å². The molecule has 1 aromatic carbocycles. The Labute approximate surface area is 120 Å². The molecule has 2 rings (SSSR count). The molecule has 0 saturated carbocycles. The average Bonchev–Trinajstić information content (AvgIpc) is 2.53. The molecule has 1 aliphatic rings. The van der Waals surface area contributed by atoms with Gasteiger partial charge in [-0.25, -0.2) is 0 Å². The van der Waals surface area contributed by atoms with Crippen LogP contribution in [0.15, 0.2) is 30.3 Å². The van der Waals surface area contributed by atoms with Gasteiger partial charge in [-0.3, -0.25) is 9.69 Å². The van der Waals surface area contributed by atoms with Gasteiger partial charge in [0.25, 0.3) is 0 Å². The van der Waals surface area contributed by atoms with Crippen molar-refractivity contribution in [1.82, 2.24) is 10.2 Å². The van der Waals surface area contributed by atoms with Gasteiger partial charge in [0.05, 0.1) is 12.1 Å². The summed E-state index contributed by atoms with van der Waals surface area (Å²) in [6, 6.07) is 9.94. The predicted molar refractivity (Wildman–Crippen MR) is 79.1 cm³/mol. The van der Waals surface area contributed by atoms with E-state index >= 15 is 0 Å². The van der Waals surface area contributed by atoms with Crippen LogP contribution in [0.1, 0.15) is 25.8 Å². The van der Waals surface area contributed by atoms with Crippen molar-refractivity contribution in [2.75, 3.05) is 13.1 Å². The molecule has 2 atom stereocenters. The number of nitrogens with one attached hydrogen (secondary N) is 1. The van der Waals surface area contributed by atoms with Gasteiger partial charge in [-0.15, -0.1) is 0 Å². The molecule has 1 saturated heterocycles. The van der Waals surface area contributed by atoms with Crippen LogP contribution in [0, 0.1) is 5.92 Å². The first kappa shape index (κ1) is 15.0. The van der Waals surface area contributed by atoms with Crippen molar-refractivity contribution in [3.05, 3.63) is 35.9 Å². The van der Waals surface area contributed by atoms with Crippen LogP contribution in [0.5, 0.6) is 0 Å². The van der Waals surface area contributed by atoms with E-state index in [-0.39, 0.29) is 11.9 Å². The molecule has 0 aromatic heterocycles. The fraction of sp³-hybridized carbons (Fsp3) is 0.562. The lowest BCUT2D eigenvalue weighted by molar-refractivity contribution is -0.126. The molecule has 4 nitrogen and oxygen atoms in total. The van der Waals surface area contributed by atoms with Crippen molar-refractivity contribution < 1.29 is 9.90 Å². The molecule has 0 radical (unpaired) electrons. The van der Waals surface area contributed by atoms with Crippen LogP contribution in [0.2, 0.25) is 0 Å². The molecule has 0 bridgehead atoms. The van der Waals surface area contributed by atoms with Gasteiger partial charge in [-0.2, -0.15) is 0 Å². The van der Waals surface area contributed by atoms with Crippen LogP contribution in [-0.2, 0) is 11.3 Å². The molecular weight excluding hydrogens is 252 g/mol. The van der Waals surface area contributed by atoms with Crippen LogP contribution < -0.4 is 5.32 Å². The first-order valence-corrected chi connectivity index (χ1v) is 7.30. The fourth-order valence-corrected chi connectivity index (χ4v) is 2.66. The number of aliphatic hydroxyl groups is 1. The van der Waals surface area contributed by atoms with Crippen molar-refractivity contribution in [2.24, 2.45) is 5.92 Å². The van der Waals surface area contributed by atoms with Crippen molar-refractivity contribution in [1.29, 1.82) is 0 Å². The minimum absolute atomic E-state index is 0.0335. The van der Waals surface area contributed by atoms with E-state index in [1.807, 2.05) is 18.2 Å². The molecule has 110 valence electrons. The number of aliphatic hydroxyl groups excluding tert-OH is 1. The molecule has 2 N–H and O–H groups in total. The minimum atomic E-state index is -0.500. The Morgan fingerprint density at radius 2 is 2.05 bits per heavy atom. The number of nitrogens with zero attached hydrogens (tertiary/aromatic N) is 1. The standard InChI is InChI=1S/C16H24N2O2/c1-12(2)8-15-16(20)17-9-14(19)11-18(15)10-13-6-4-3-5-7-13/h3-7,12,14-15,19H,8-11H2,1-2H3,(H,17,20)/t14-,15+/m0/s1. The number of rotatable bonds is 4. The Morgan fingerprint density at radius 3 is 2.70 bits per heavy atom. The van der Waals surface area contributed by atoms with Crippen LogP contribution in [-0.4, -0.2) is 41.1 Å². The van der Waals surface area contributed by atoms with Crippen molar-refractivity contribution in [2.45, 2.75) is 39.0 Å². The number of β-amino-alcohol motifs (C(OH)–C–C–N with tert-alkyl or cyclic N) is 1. The smallest absolute Gasteiger partial charge is 0.237 e. The van der Waals surface area contributed by atoms with E-state index in [0.29, 0.717) is 25.6 Å². The maximum Gasteiger partial charge on any atom is 0.237 e. The summed E-state index contributed by atoms with van der Waals surface area (Å²) in [5.74, 6) is 0.477. The summed E-state index contributed by atoms with van der Waals surface area (Å²) in [7, 11) is 0. The molecule has 20 heavy (non-hydrogen) atoms. The zero-order chi connectivity index (χ0) is 14.5. The molecule has 1 aromatic rings. The Bertz CT molecular complexity index is 433. The highest BCUT2D eigenvalue weighted by Gasteiger charge is 2.31. The Morgan fingerprint density at radius 1 is 1.35 bits per heavy atom. The highest BCUT2D eigenvalue weighted by Crippen LogP contribution is 2.17. The first-order valence-electron chi connectivity index (χ1n) is 7.30. The van der Waals surface area contributed by atoms with E-state index in [1.165, 1.54) is 5.56 Å². The van der Waals surface area contributed by atoms with Crippen LogP contribution >= 0.6 is 0 Å². The van der Waals surface area contributed by atoms with E-state index < -0.39 is 6.10 Å². The van der Waals surface area contributed by atoms with Crippen LogP contribution in [0.4, 0.5) is 0 Å². The second-order valence-electron chi connectivity index (χ2n) is 5.96. The zero-order valence-corrected chi connectivity index (χ0v) is 12.2. The van der Waals surface area contributed by atoms with Gasteiger partial charge in [-0.1, -0.05) is 44.2 Å². The fourth-order valence-electron chi connectivity index (χ4n) is 2.66. The predicted octanol–water partition coefficient (Wildman–Crippen LogP) is 1.39. The van der Waals surface area contributed by atoms with E-state index in [1.54, 1.807) is 0 Å². The summed E-state index contributed by atoms with van der Waals surface area (Å²) < 4.78 is 0. The first-order chi connectivity index (χ1) is 9.56. The lowest BCUT2D eigenvalue weighted by Gasteiger charge is -2.30. The number of hydrogen-bond acceptors (Lipinski definition) is 3. The maximum atomic E-state index is 12.2. The number of amides is 1. The summed E-state index contributed by atoms with van der Waals surface area (Å²) in [6.45, 7) is 5.82. The highest BCUT2D eigenvalue weighted by molar-refractivity contribution is 5.82. The molecular formula is C16H24N2O2. The number of benzene rings is 1. The monoisotopic (exact) mass is 276 g/mol. The summed E-state index contributed by atoms with van der Waals surface area (Å²) in [5, 5.41) is 12.8. The van der Waals surface area contributed by atoms with Crippen molar-refractivity contribution in [3.63, 3.8) is 0 Å². The van der Waals surface area contributed by atoms with E-state index in [4.69, 9.17) is 0 Å². The Balaban J connectivity index is 2.16. The van der Waals surface area contributed by atoms with Crippen molar-refractivity contribution >= 4 is 5.91 Å². The third-order valence-electron chi connectivity index (χ3n) is 3.62. The third-order valence-corrected chi connectivity index (χ3v) is 3.62. The topological polar surface area (TPSA) is 52.6 Å². The summed E-state index contributed by atoms with van der Waals surface area (Å²) in [5.41, 5.74) is 1.17. The second-order valence-corrected chi connectivity index (χ2v) is 5.96. The zero-order valence-electron chi connectivity index (χ0n) is 12.2. The Hall–Kier alpha value is -1.39. The molecule has 1 aliphatic heterocycles. The molecule has 1 fully saturated rings. The van der Waals surface area contributed by atoms with Gasteiger partial charge in [-0.05, 0) is 17.9 Å². The molecule has 1 heterocycles. The van der Waals surface area contributed by atoms with Crippen LogP contribution in [0.3, 0.4) is 0 Å². The average molecular weight is 276 g/mol. The number of carbonyl (C=O) groups excluding carboxylic acids is 1. The quantitative estimate of drug-likeness (QED) is 0.874. The molecule has 0 spiro atoms. The normalized spacial score (nSPS) is 24.5. The molecule has 0 unspecified atom stereocenters. The summed E-state index contributed by atoms with van der Waals surface area (Å²) >= 11 is 0. The molecule has 1 amide bonds. The molecule has 0 aliphatic carbocycles. The highest BCUT2D eigenvalue weighted by atomic mass is 16.3. The lowest BCUT2D eigenvalue weighted by Crippen LogP contribution is -2.44. The second kappa shape index (κ2) is 6.86. The maximum absolute atomic E-state index is 12.2. The van der Waals surface area contributed by atoms with Gasteiger partial charge in [0, 0.05) is 19.6 Å². The number of hydrogen-bond donors (Lipinski definition) is 2. The molecule has 4 heteroatoms. The minimum Gasteiger partial charge on any atom is -0.390 e. The van der Waals surface area contributed by atoms with E-state index in [9.17, 15) is 9.90 Å². The SMILES string of the molecule is CC(C)C[C@@H]1C(=O)NC[C@H](O)CN1Cc1ccccc1. The third kappa shape index (κ3) is 4.05. The largest absolute Gasteiger partial charge is 0.390 e. The lowest BCUT2D eigenvalue weighted by atomic mass is 10.0. The van der Waals surface area contributed by atoms with E-state index in [0.717, 1.165) is 6.42 Å². The van der Waals surface area contributed by atoms with Crippen LogP contribution in [0.25, 0.3) is 0 Å². The van der Waals surface area contributed by atoms with Gasteiger partial charge < -0.3 is 10.4 Å². The van der Waals surface area contributed by atoms with E-state index in [2.05, 4.69) is 36.2 Å². The number of carbonyl (C=O) groups is 1. The van der Waals surface area contributed by atoms with Crippen molar-refractivity contribution in [3.8, 4) is 0 Å². The summed E-state index contributed by atoms with van der Waals surface area (Å²) in [4.78, 5) is 14.3. The van der Waals surface area contributed by atoms with Gasteiger partial charge in [0.2, 0.25) is 5.91 Å². The Kier molecular flexibility index (Phi) is 5.15. The van der Waals surface area contributed by atoms with Gasteiger partial charge >= 0.3 is 0 Å². The van der Waals surface area contributed by atoms with Gasteiger partial charge in [0.1, 0.15) is 0 Å².